The van der Waals surface area contributed by atoms with E-state index in [1.54, 1.807) is 4.72 Å². The van der Waals surface area contributed by atoms with Gasteiger partial charge in [-0.3, -0.25) is 4.72 Å². The standard InChI is InChI=1S/C12H6F5IN2O4S2/c13-7-8(14)10(16)12(11(17)9(7)15)26(23,24)20-6-2-1-4(3-5(6)18)25(19,21)22/h1-3,20H,(H2,19,21,22). The van der Waals surface area contributed by atoms with E-state index in [1.165, 1.54) is 22.6 Å². The molecule has 0 aliphatic heterocycles. The van der Waals surface area contributed by atoms with Gasteiger partial charge in [-0.15, -0.1) is 0 Å². The number of hydrogen-bond donors (Lipinski definition) is 2. The van der Waals surface area contributed by atoms with Gasteiger partial charge in [0, 0.05) is 3.57 Å². The van der Waals surface area contributed by atoms with Crippen LogP contribution < -0.4 is 9.86 Å². The number of halogens is 6. The van der Waals surface area contributed by atoms with Crippen molar-refractivity contribution in [3.8, 4) is 0 Å². The molecule has 0 atom stereocenters. The maximum Gasteiger partial charge on any atom is 0.268 e. The number of primary sulfonamides is 1. The number of nitrogens with one attached hydrogen (secondary N) is 1. The first-order chi connectivity index (χ1) is 11.8. The number of hydrogen-bond acceptors (Lipinski definition) is 4. The SMILES string of the molecule is NS(=O)(=O)c1ccc(NS(=O)(=O)c2c(F)c(F)c(F)c(F)c2F)c(I)c1. The number of benzene rings is 2. The van der Waals surface area contributed by atoms with Crippen molar-refractivity contribution in [2.24, 2.45) is 5.14 Å². The third-order valence-electron chi connectivity index (χ3n) is 2.95. The normalized spacial score (nSPS) is 12.3. The summed E-state index contributed by atoms with van der Waals surface area (Å²) in [6.07, 6.45) is 0. The summed E-state index contributed by atoms with van der Waals surface area (Å²) < 4.78 is 115. The molecule has 26 heavy (non-hydrogen) atoms. The fraction of sp³-hybridized carbons (Fsp3) is 0. The smallest absolute Gasteiger partial charge is 0.268 e. The number of rotatable bonds is 4. The van der Waals surface area contributed by atoms with E-state index in [4.69, 9.17) is 5.14 Å². The molecule has 0 fully saturated rings. The van der Waals surface area contributed by atoms with Gasteiger partial charge in [-0.2, -0.15) is 0 Å². The van der Waals surface area contributed by atoms with Crippen LogP contribution in [0, 0.1) is 32.7 Å². The van der Waals surface area contributed by atoms with E-state index < -0.39 is 54.0 Å². The first kappa shape index (κ1) is 20.8. The molecule has 142 valence electrons. The van der Waals surface area contributed by atoms with Crippen LogP contribution in [0.3, 0.4) is 0 Å². The van der Waals surface area contributed by atoms with Gasteiger partial charge in [0.15, 0.2) is 28.2 Å². The molecule has 0 aromatic heterocycles. The Morgan fingerprint density at radius 2 is 1.31 bits per heavy atom. The second kappa shape index (κ2) is 6.90. The molecule has 0 saturated heterocycles. The van der Waals surface area contributed by atoms with Gasteiger partial charge in [0.25, 0.3) is 10.0 Å². The minimum atomic E-state index is -5.24. The third-order valence-corrected chi connectivity index (χ3v) is 6.14. The topological polar surface area (TPSA) is 106 Å². The highest BCUT2D eigenvalue weighted by atomic mass is 127. The molecule has 0 aliphatic carbocycles. The summed E-state index contributed by atoms with van der Waals surface area (Å²) in [6, 6.07) is 2.71. The summed E-state index contributed by atoms with van der Waals surface area (Å²) >= 11 is 1.48. The second-order valence-electron chi connectivity index (χ2n) is 4.69. The zero-order valence-electron chi connectivity index (χ0n) is 12.0. The highest BCUT2D eigenvalue weighted by Crippen LogP contribution is 2.30. The lowest BCUT2D eigenvalue weighted by atomic mass is 10.3. The van der Waals surface area contributed by atoms with E-state index in [2.05, 4.69) is 0 Å². The number of sulfonamides is 2. The summed E-state index contributed by atoms with van der Waals surface area (Å²) in [6.45, 7) is 0. The summed E-state index contributed by atoms with van der Waals surface area (Å²) in [5.74, 6) is -12.4. The highest BCUT2D eigenvalue weighted by molar-refractivity contribution is 14.1. The van der Waals surface area contributed by atoms with Crippen molar-refractivity contribution in [3.05, 3.63) is 50.9 Å². The third kappa shape index (κ3) is 3.77. The molecule has 2 rings (SSSR count). The van der Waals surface area contributed by atoms with E-state index in [-0.39, 0.29) is 14.2 Å². The molecule has 0 heterocycles. The van der Waals surface area contributed by atoms with Gasteiger partial charge in [-0.25, -0.2) is 43.9 Å². The van der Waals surface area contributed by atoms with Crippen LogP contribution in [-0.4, -0.2) is 16.8 Å². The molecule has 0 unspecified atom stereocenters. The maximum absolute atomic E-state index is 13.7. The Balaban J connectivity index is 2.58. The predicted molar refractivity (Wildman–Crippen MR) is 87.6 cm³/mol. The van der Waals surface area contributed by atoms with Crippen molar-refractivity contribution in [1.82, 2.24) is 0 Å². The van der Waals surface area contributed by atoms with Gasteiger partial charge < -0.3 is 0 Å². The average Bonchev–Trinajstić information content (AvgIpc) is 2.51. The molecule has 6 nitrogen and oxygen atoms in total. The van der Waals surface area contributed by atoms with E-state index in [9.17, 15) is 38.8 Å². The van der Waals surface area contributed by atoms with E-state index in [1.807, 2.05) is 0 Å². The Morgan fingerprint density at radius 1 is 0.846 bits per heavy atom. The van der Waals surface area contributed by atoms with Gasteiger partial charge in [0.2, 0.25) is 15.8 Å². The van der Waals surface area contributed by atoms with Crippen molar-refractivity contribution in [2.75, 3.05) is 4.72 Å². The van der Waals surface area contributed by atoms with Gasteiger partial charge >= 0.3 is 0 Å². The van der Waals surface area contributed by atoms with Crippen molar-refractivity contribution >= 4 is 48.3 Å². The zero-order chi connectivity index (χ0) is 20.0. The van der Waals surface area contributed by atoms with Gasteiger partial charge in [0.05, 0.1) is 10.6 Å². The Labute approximate surface area is 157 Å². The minimum Gasteiger partial charge on any atom is -0.278 e. The average molecular weight is 528 g/mol. The van der Waals surface area contributed by atoms with Gasteiger partial charge in [-0.05, 0) is 40.8 Å². The molecule has 0 radical (unpaired) electrons. The van der Waals surface area contributed by atoms with E-state index in [0.717, 1.165) is 18.2 Å². The van der Waals surface area contributed by atoms with Gasteiger partial charge in [-0.1, -0.05) is 0 Å². The van der Waals surface area contributed by atoms with Crippen LogP contribution in [-0.2, 0) is 20.0 Å². The molecular weight excluding hydrogens is 522 g/mol. The molecule has 14 heteroatoms. The fourth-order valence-electron chi connectivity index (χ4n) is 1.77. The molecule has 0 saturated carbocycles. The molecule has 0 amide bonds. The Kier molecular flexibility index (Phi) is 5.51. The predicted octanol–water partition coefficient (Wildman–Crippen LogP) is 2.43. The monoisotopic (exact) mass is 528 g/mol. The van der Waals surface area contributed by atoms with Crippen molar-refractivity contribution in [3.63, 3.8) is 0 Å². The minimum absolute atomic E-state index is 0.0680. The van der Waals surface area contributed by atoms with Crippen LogP contribution in [0.4, 0.5) is 27.6 Å². The zero-order valence-corrected chi connectivity index (χ0v) is 15.8. The highest BCUT2D eigenvalue weighted by Gasteiger charge is 2.34. The van der Waals surface area contributed by atoms with Crippen LogP contribution >= 0.6 is 22.6 Å². The lowest BCUT2D eigenvalue weighted by Crippen LogP contribution is -2.20. The largest absolute Gasteiger partial charge is 0.278 e. The summed E-state index contributed by atoms with van der Waals surface area (Å²) in [4.78, 5) is -2.46. The Bertz CT molecular complexity index is 1090. The number of anilines is 1. The lowest BCUT2D eigenvalue weighted by Gasteiger charge is -2.13. The Hall–Kier alpha value is -1.52. The van der Waals surface area contributed by atoms with E-state index in [0.29, 0.717) is 0 Å². The molecule has 2 aromatic rings. The first-order valence-corrected chi connectivity index (χ1v) is 10.2. The molecule has 2 aromatic carbocycles. The van der Waals surface area contributed by atoms with Crippen LogP contribution in [0.2, 0.25) is 0 Å². The van der Waals surface area contributed by atoms with Crippen molar-refractivity contribution < 1.29 is 38.8 Å². The van der Waals surface area contributed by atoms with E-state index >= 15 is 0 Å². The summed E-state index contributed by atoms with van der Waals surface area (Å²) in [7, 11) is -9.35. The van der Waals surface area contributed by atoms with Crippen LogP contribution in [0.1, 0.15) is 0 Å². The van der Waals surface area contributed by atoms with Crippen LogP contribution in [0.5, 0.6) is 0 Å². The van der Waals surface area contributed by atoms with Crippen LogP contribution in [0.15, 0.2) is 28.0 Å². The van der Waals surface area contributed by atoms with Crippen LogP contribution in [0.25, 0.3) is 0 Å². The Morgan fingerprint density at radius 3 is 1.73 bits per heavy atom. The first-order valence-electron chi connectivity index (χ1n) is 6.14. The number of nitrogens with two attached hydrogens (primary N) is 1. The maximum atomic E-state index is 13.7. The quantitative estimate of drug-likeness (QED) is 0.275. The molecule has 3 N–H and O–H groups in total. The van der Waals surface area contributed by atoms with Crippen molar-refractivity contribution in [2.45, 2.75) is 9.79 Å². The fourth-order valence-corrected chi connectivity index (χ4v) is 4.58. The summed E-state index contributed by atoms with van der Waals surface area (Å²) in [5, 5.41) is 4.89. The lowest BCUT2D eigenvalue weighted by molar-refractivity contribution is 0.358. The summed E-state index contributed by atoms with van der Waals surface area (Å²) in [5.41, 5.74) is -0.373. The second-order valence-corrected chi connectivity index (χ2v) is 9.03. The van der Waals surface area contributed by atoms with Crippen molar-refractivity contribution in [1.29, 1.82) is 0 Å². The molecule has 0 bridgehead atoms. The molecule has 0 spiro atoms. The molecule has 0 aliphatic rings. The van der Waals surface area contributed by atoms with Gasteiger partial charge in [0.1, 0.15) is 0 Å². The molecular formula is C12H6F5IN2O4S2.